The fraction of sp³-hybridized carbons (Fsp3) is 0.273. The topological polar surface area (TPSA) is 37.8 Å². The largest absolute Gasteiger partial charge is 0.306 e. The number of hydrogen-bond acceptors (Lipinski definition) is 4. The van der Waals surface area contributed by atoms with Gasteiger partial charge in [0, 0.05) is 26.2 Å². The van der Waals surface area contributed by atoms with E-state index in [1.54, 1.807) is 17.5 Å². The fourth-order valence-corrected chi connectivity index (χ4v) is 3.64. The highest BCUT2D eigenvalue weighted by Crippen LogP contribution is 2.30. The summed E-state index contributed by atoms with van der Waals surface area (Å²) in [5.74, 6) is 0. The first-order valence-electron chi connectivity index (χ1n) is 5.02. The number of nitrogens with one attached hydrogen (secondary N) is 1. The molecule has 2 heterocycles. The Balaban J connectivity index is 2.42. The molecule has 90 valence electrons. The van der Waals surface area contributed by atoms with Crippen molar-refractivity contribution >= 4 is 43.2 Å². The summed E-state index contributed by atoms with van der Waals surface area (Å²) in [7, 11) is 1.91. The van der Waals surface area contributed by atoms with Crippen LogP contribution in [0, 0.1) is 6.92 Å². The number of hydrogen-bond donors (Lipinski definition) is 1. The van der Waals surface area contributed by atoms with E-state index >= 15 is 0 Å². The minimum atomic E-state index is 0.0242. The summed E-state index contributed by atoms with van der Waals surface area (Å²) in [6.45, 7) is 2.00. The van der Waals surface area contributed by atoms with Crippen molar-refractivity contribution in [3.8, 4) is 0 Å². The van der Waals surface area contributed by atoms with E-state index in [0.29, 0.717) is 0 Å². The number of rotatable bonds is 3. The lowest BCUT2D eigenvalue weighted by Crippen LogP contribution is -2.19. The first-order chi connectivity index (χ1) is 8.11. The van der Waals surface area contributed by atoms with Gasteiger partial charge >= 0.3 is 0 Å². The molecule has 6 heteroatoms. The average molecular weight is 377 g/mol. The maximum atomic E-state index is 4.51. The Bertz CT molecular complexity index is 527. The predicted octanol–water partition coefficient (Wildman–Crippen LogP) is 3.68. The van der Waals surface area contributed by atoms with Crippen LogP contribution < -0.4 is 5.32 Å². The Morgan fingerprint density at radius 2 is 2.18 bits per heavy atom. The minimum Gasteiger partial charge on any atom is -0.306 e. The number of thiazole rings is 1. The molecule has 0 aliphatic rings. The monoisotopic (exact) mass is 375 g/mol. The molecular formula is C11H11Br2N3S. The average Bonchev–Trinajstić information content (AvgIpc) is 2.69. The molecule has 17 heavy (non-hydrogen) atoms. The second kappa shape index (κ2) is 5.56. The molecule has 0 radical (unpaired) electrons. The number of nitrogens with zero attached hydrogens (tertiary/aromatic N) is 2. The highest BCUT2D eigenvalue weighted by molar-refractivity contribution is 9.11. The van der Waals surface area contributed by atoms with Crippen LogP contribution in [0.4, 0.5) is 0 Å². The summed E-state index contributed by atoms with van der Waals surface area (Å²) < 4.78 is 1.93. The Kier molecular flexibility index (Phi) is 4.30. The molecule has 0 fully saturated rings. The number of aromatic nitrogens is 2. The van der Waals surface area contributed by atoms with E-state index in [4.69, 9.17) is 0 Å². The number of aryl methyl sites for hydroxylation is 1. The van der Waals surface area contributed by atoms with Crippen LogP contribution >= 0.6 is 43.2 Å². The van der Waals surface area contributed by atoms with Gasteiger partial charge in [-0.1, -0.05) is 0 Å². The lowest BCUT2D eigenvalue weighted by atomic mass is 10.2. The highest BCUT2D eigenvalue weighted by atomic mass is 79.9. The fourth-order valence-electron chi connectivity index (χ4n) is 1.52. The summed E-state index contributed by atoms with van der Waals surface area (Å²) in [6.07, 6.45) is 1.80. The third kappa shape index (κ3) is 2.93. The molecule has 3 nitrogen and oxygen atoms in total. The lowest BCUT2D eigenvalue weighted by Gasteiger charge is -2.14. The summed E-state index contributed by atoms with van der Waals surface area (Å²) in [4.78, 5) is 8.95. The standard InChI is InChI=1S/C11H11Br2N3S/c1-6-5-17-11(16-6)10(14-2)9-8(13)3-7(12)4-15-9/h3-5,10,14H,1-2H3. The van der Waals surface area contributed by atoms with Crippen molar-refractivity contribution in [2.24, 2.45) is 0 Å². The van der Waals surface area contributed by atoms with E-state index in [-0.39, 0.29) is 6.04 Å². The van der Waals surface area contributed by atoms with Gasteiger partial charge in [-0.2, -0.15) is 0 Å². The molecule has 1 unspecified atom stereocenters. The maximum Gasteiger partial charge on any atom is 0.116 e. The van der Waals surface area contributed by atoms with Gasteiger partial charge in [-0.25, -0.2) is 4.98 Å². The normalized spacial score (nSPS) is 12.7. The number of halogens is 2. The van der Waals surface area contributed by atoms with E-state index in [2.05, 4.69) is 47.1 Å². The van der Waals surface area contributed by atoms with Crippen molar-refractivity contribution in [1.82, 2.24) is 15.3 Å². The molecule has 0 aliphatic heterocycles. The van der Waals surface area contributed by atoms with Gasteiger partial charge in [0.25, 0.3) is 0 Å². The van der Waals surface area contributed by atoms with E-state index < -0.39 is 0 Å². The van der Waals surface area contributed by atoms with Gasteiger partial charge in [0.2, 0.25) is 0 Å². The molecule has 0 bridgehead atoms. The lowest BCUT2D eigenvalue weighted by molar-refractivity contribution is 0.661. The second-order valence-corrected chi connectivity index (χ2v) is 6.23. The Morgan fingerprint density at radius 3 is 2.71 bits per heavy atom. The second-order valence-electron chi connectivity index (χ2n) is 3.57. The minimum absolute atomic E-state index is 0.0242. The Labute approximate surface area is 121 Å². The van der Waals surface area contributed by atoms with Gasteiger partial charge in [0.15, 0.2) is 0 Å². The third-order valence-electron chi connectivity index (χ3n) is 2.28. The van der Waals surface area contributed by atoms with Crippen LogP contribution in [0.15, 0.2) is 26.6 Å². The molecule has 0 saturated heterocycles. The zero-order valence-corrected chi connectivity index (χ0v) is 13.4. The van der Waals surface area contributed by atoms with Crippen LogP contribution in [0.1, 0.15) is 22.4 Å². The van der Waals surface area contributed by atoms with Crippen LogP contribution in [0.5, 0.6) is 0 Å². The predicted molar refractivity (Wildman–Crippen MR) is 77.4 cm³/mol. The van der Waals surface area contributed by atoms with Crippen LogP contribution in [-0.2, 0) is 0 Å². The molecule has 2 aromatic rings. The SMILES string of the molecule is CNC(c1nc(C)cs1)c1ncc(Br)cc1Br. The van der Waals surface area contributed by atoms with Crippen molar-refractivity contribution in [2.45, 2.75) is 13.0 Å². The molecule has 2 aromatic heterocycles. The first kappa shape index (κ1) is 13.1. The van der Waals surface area contributed by atoms with Crippen LogP contribution in [0.3, 0.4) is 0 Å². The highest BCUT2D eigenvalue weighted by Gasteiger charge is 2.19. The zero-order chi connectivity index (χ0) is 12.4. The Morgan fingerprint density at radius 1 is 1.41 bits per heavy atom. The molecule has 0 aromatic carbocycles. The number of pyridine rings is 1. The van der Waals surface area contributed by atoms with Crippen molar-refractivity contribution in [1.29, 1.82) is 0 Å². The molecule has 1 N–H and O–H groups in total. The maximum absolute atomic E-state index is 4.51. The summed E-state index contributed by atoms with van der Waals surface area (Å²) in [5.41, 5.74) is 1.99. The van der Waals surface area contributed by atoms with E-state index in [1.807, 2.05) is 25.4 Å². The molecule has 0 saturated carbocycles. The van der Waals surface area contributed by atoms with Crippen molar-refractivity contribution in [2.75, 3.05) is 7.05 Å². The first-order valence-corrected chi connectivity index (χ1v) is 7.48. The van der Waals surface area contributed by atoms with Crippen LogP contribution in [0.2, 0.25) is 0 Å². The van der Waals surface area contributed by atoms with Gasteiger partial charge in [-0.05, 0) is 51.9 Å². The third-order valence-corrected chi connectivity index (χ3v) is 4.38. The van der Waals surface area contributed by atoms with E-state index in [0.717, 1.165) is 25.3 Å². The van der Waals surface area contributed by atoms with Crippen molar-refractivity contribution in [3.05, 3.63) is 43.0 Å². The zero-order valence-electron chi connectivity index (χ0n) is 9.37. The smallest absolute Gasteiger partial charge is 0.116 e. The van der Waals surface area contributed by atoms with Crippen molar-refractivity contribution < 1.29 is 0 Å². The molecule has 1 atom stereocenters. The Hall–Kier alpha value is -0.300. The van der Waals surface area contributed by atoms with Gasteiger partial charge in [-0.15, -0.1) is 11.3 Å². The van der Waals surface area contributed by atoms with Gasteiger partial charge in [0.05, 0.1) is 5.69 Å². The van der Waals surface area contributed by atoms with Gasteiger partial charge < -0.3 is 5.32 Å². The molecule has 2 rings (SSSR count). The summed E-state index contributed by atoms with van der Waals surface area (Å²) >= 11 is 8.58. The van der Waals surface area contributed by atoms with Gasteiger partial charge in [0.1, 0.15) is 11.0 Å². The van der Waals surface area contributed by atoms with Crippen LogP contribution in [0.25, 0.3) is 0 Å². The molecule has 0 aliphatic carbocycles. The molecular weight excluding hydrogens is 366 g/mol. The molecule has 0 amide bonds. The van der Waals surface area contributed by atoms with Crippen molar-refractivity contribution in [3.63, 3.8) is 0 Å². The summed E-state index contributed by atoms with van der Waals surface area (Å²) in [6, 6.07) is 2.02. The van der Waals surface area contributed by atoms with E-state index in [9.17, 15) is 0 Å². The quantitative estimate of drug-likeness (QED) is 0.887. The van der Waals surface area contributed by atoms with Gasteiger partial charge in [-0.3, -0.25) is 4.98 Å². The van der Waals surface area contributed by atoms with Crippen LogP contribution in [-0.4, -0.2) is 17.0 Å². The summed E-state index contributed by atoms with van der Waals surface area (Å²) in [5, 5.41) is 6.32. The van der Waals surface area contributed by atoms with E-state index in [1.165, 1.54) is 0 Å². The molecule has 0 spiro atoms.